The van der Waals surface area contributed by atoms with Crippen molar-refractivity contribution in [1.82, 2.24) is 5.32 Å². The van der Waals surface area contributed by atoms with Crippen LogP contribution in [0.3, 0.4) is 0 Å². The van der Waals surface area contributed by atoms with E-state index in [0.29, 0.717) is 28.0 Å². The number of ether oxygens (including phenoxy) is 3. The Bertz CT molecular complexity index is 793. The summed E-state index contributed by atoms with van der Waals surface area (Å²) in [4.78, 5) is 12.4. The highest BCUT2D eigenvalue weighted by molar-refractivity contribution is 6.32. The van der Waals surface area contributed by atoms with Gasteiger partial charge < -0.3 is 24.8 Å². The van der Waals surface area contributed by atoms with E-state index >= 15 is 0 Å². The summed E-state index contributed by atoms with van der Waals surface area (Å²) in [5.74, 6) is 1.77. The van der Waals surface area contributed by atoms with Gasteiger partial charge in [-0.05, 0) is 49.7 Å². The molecule has 0 radical (unpaired) electrons. The Balaban J connectivity index is 2.13. The number of benzene rings is 2. The van der Waals surface area contributed by atoms with Gasteiger partial charge in [0.2, 0.25) is 0 Å². The highest BCUT2D eigenvalue weighted by Gasteiger charge is 2.24. The molecule has 140 valence electrons. The summed E-state index contributed by atoms with van der Waals surface area (Å²) in [6.45, 7) is 3.80. The second-order valence-corrected chi connectivity index (χ2v) is 6.53. The molecule has 0 aliphatic rings. The van der Waals surface area contributed by atoms with Crippen molar-refractivity contribution in [3.05, 3.63) is 47.0 Å². The molecule has 2 amide bonds. The molecule has 0 bridgehead atoms. The summed E-state index contributed by atoms with van der Waals surface area (Å²) in [6, 6.07) is 10.2. The predicted molar refractivity (Wildman–Crippen MR) is 103 cm³/mol. The van der Waals surface area contributed by atoms with Gasteiger partial charge in [-0.3, -0.25) is 0 Å². The molecule has 0 fully saturated rings. The van der Waals surface area contributed by atoms with Gasteiger partial charge >= 0.3 is 6.03 Å². The van der Waals surface area contributed by atoms with Crippen molar-refractivity contribution in [1.29, 1.82) is 0 Å². The highest BCUT2D eigenvalue weighted by Crippen LogP contribution is 2.32. The molecule has 0 spiro atoms. The van der Waals surface area contributed by atoms with Gasteiger partial charge in [-0.15, -0.1) is 0 Å². The van der Waals surface area contributed by atoms with Crippen LogP contribution < -0.4 is 24.8 Å². The SMILES string of the molecule is COc1ccc(NC(=O)NC(C)(C)c2ccc(OC)c(OC)c2)cc1Cl. The van der Waals surface area contributed by atoms with Crippen LogP contribution in [0.15, 0.2) is 36.4 Å². The van der Waals surface area contributed by atoms with Gasteiger partial charge in [0.25, 0.3) is 0 Å². The average molecular weight is 379 g/mol. The normalized spacial score (nSPS) is 10.8. The Morgan fingerprint density at radius 2 is 1.54 bits per heavy atom. The first-order valence-corrected chi connectivity index (χ1v) is 8.33. The zero-order chi connectivity index (χ0) is 19.3. The summed E-state index contributed by atoms with van der Waals surface area (Å²) in [5.41, 5.74) is 0.800. The second kappa shape index (κ2) is 8.19. The summed E-state index contributed by atoms with van der Waals surface area (Å²) < 4.78 is 15.7. The van der Waals surface area contributed by atoms with E-state index in [9.17, 15) is 4.79 Å². The topological polar surface area (TPSA) is 68.8 Å². The maximum Gasteiger partial charge on any atom is 0.319 e. The van der Waals surface area contributed by atoms with Crippen LogP contribution in [0.5, 0.6) is 17.2 Å². The lowest BCUT2D eigenvalue weighted by Gasteiger charge is -2.27. The van der Waals surface area contributed by atoms with Crippen LogP contribution in [-0.4, -0.2) is 27.4 Å². The van der Waals surface area contributed by atoms with Crippen molar-refractivity contribution < 1.29 is 19.0 Å². The molecule has 0 aromatic heterocycles. The number of hydrogen-bond donors (Lipinski definition) is 2. The van der Waals surface area contributed by atoms with Crippen LogP contribution in [0, 0.1) is 0 Å². The lowest BCUT2D eigenvalue weighted by Crippen LogP contribution is -2.43. The van der Waals surface area contributed by atoms with E-state index < -0.39 is 5.54 Å². The largest absolute Gasteiger partial charge is 0.495 e. The molecular weight excluding hydrogens is 356 g/mol. The van der Waals surface area contributed by atoms with E-state index in [4.69, 9.17) is 25.8 Å². The van der Waals surface area contributed by atoms with Crippen molar-refractivity contribution in [2.24, 2.45) is 0 Å². The number of anilines is 1. The van der Waals surface area contributed by atoms with Crippen molar-refractivity contribution in [2.45, 2.75) is 19.4 Å². The average Bonchev–Trinajstić information content (AvgIpc) is 2.60. The first kappa shape index (κ1) is 19.7. The molecule has 26 heavy (non-hydrogen) atoms. The van der Waals surface area contributed by atoms with Crippen LogP contribution in [-0.2, 0) is 5.54 Å². The Morgan fingerprint density at radius 3 is 2.12 bits per heavy atom. The molecule has 0 unspecified atom stereocenters. The maximum absolute atomic E-state index is 12.4. The Kier molecular flexibility index (Phi) is 6.21. The molecule has 2 aromatic rings. The summed E-state index contributed by atoms with van der Waals surface area (Å²) >= 11 is 6.08. The summed E-state index contributed by atoms with van der Waals surface area (Å²) in [5, 5.41) is 6.12. The zero-order valence-electron chi connectivity index (χ0n) is 15.5. The van der Waals surface area contributed by atoms with Crippen molar-refractivity contribution in [3.63, 3.8) is 0 Å². The molecule has 0 heterocycles. The Hall–Kier alpha value is -2.60. The highest BCUT2D eigenvalue weighted by atomic mass is 35.5. The van der Waals surface area contributed by atoms with Gasteiger partial charge in [0.15, 0.2) is 11.5 Å². The molecule has 0 saturated heterocycles. The van der Waals surface area contributed by atoms with Crippen LogP contribution in [0.2, 0.25) is 5.02 Å². The number of methoxy groups -OCH3 is 3. The van der Waals surface area contributed by atoms with Crippen LogP contribution >= 0.6 is 11.6 Å². The first-order valence-electron chi connectivity index (χ1n) is 7.96. The smallest absolute Gasteiger partial charge is 0.319 e. The predicted octanol–water partition coefficient (Wildman–Crippen LogP) is 4.42. The minimum atomic E-state index is -0.639. The third kappa shape index (κ3) is 4.52. The lowest BCUT2D eigenvalue weighted by molar-refractivity contribution is 0.241. The number of carbonyl (C=O) groups excluding carboxylic acids is 1. The molecule has 2 N–H and O–H groups in total. The quantitative estimate of drug-likeness (QED) is 0.780. The van der Waals surface area contributed by atoms with Gasteiger partial charge in [-0.25, -0.2) is 4.79 Å². The molecule has 7 heteroatoms. The fourth-order valence-electron chi connectivity index (χ4n) is 2.49. The zero-order valence-corrected chi connectivity index (χ0v) is 16.2. The first-order chi connectivity index (χ1) is 12.3. The number of hydrogen-bond acceptors (Lipinski definition) is 4. The van der Waals surface area contributed by atoms with E-state index in [1.807, 2.05) is 26.0 Å². The van der Waals surface area contributed by atoms with Crippen molar-refractivity contribution in [3.8, 4) is 17.2 Å². The minimum absolute atomic E-state index is 0.356. The fraction of sp³-hybridized carbons (Fsp3) is 0.316. The molecule has 0 aliphatic carbocycles. The number of rotatable bonds is 6. The molecule has 0 aliphatic heterocycles. The van der Waals surface area contributed by atoms with Gasteiger partial charge in [0.1, 0.15) is 5.75 Å². The third-order valence-corrected chi connectivity index (χ3v) is 4.24. The van der Waals surface area contributed by atoms with Crippen LogP contribution in [0.1, 0.15) is 19.4 Å². The standard InChI is InChI=1S/C19H23ClN2O4/c1-19(2,12-6-8-16(25-4)17(10-12)26-5)22-18(23)21-13-7-9-15(24-3)14(20)11-13/h6-11H,1-5H3,(H2,21,22,23). The van der Waals surface area contributed by atoms with E-state index in [-0.39, 0.29) is 6.03 Å². The number of carbonyl (C=O) groups is 1. The van der Waals surface area contributed by atoms with Gasteiger partial charge in [0, 0.05) is 5.69 Å². The lowest BCUT2D eigenvalue weighted by atomic mass is 9.94. The second-order valence-electron chi connectivity index (χ2n) is 6.12. The third-order valence-electron chi connectivity index (χ3n) is 3.94. The number of urea groups is 1. The summed E-state index contributed by atoms with van der Waals surface area (Å²) in [7, 11) is 4.68. The van der Waals surface area contributed by atoms with E-state index in [2.05, 4.69) is 10.6 Å². The molecule has 6 nitrogen and oxygen atoms in total. The minimum Gasteiger partial charge on any atom is -0.495 e. The molecular formula is C19H23ClN2O4. The van der Waals surface area contributed by atoms with Gasteiger partial charge in [-0.2, -0.15) is 0 Å². The monoisotopic (exact) mass is 378 g/mol. The van der Waals surface area contributed by atoms with E-state index in [1.54, 1.807) is 38.5 Å². The molecule has 2 aromatic carbocycles. The van der Waals surface area contributed by atoms with Crippen molar-refractivity contribution in [2.75, 3.05) is 26.6 Å². The van der Waals surface area contributed by atoms with Crippen LogP contribution in [0.4, 0.5) is 10.5 Å². The van der Waals surface area contributed by atoms with Crippen LogP contribution in [0.25, 0.3) is 0 Å². The van der Waals surface area contributed by atoms with E-state index in [1.165, 1.54) is 7.11 Å². The van der Waals surface area contributed by atoms with E-state index in [0.717, 1.165) is 5.56 Å². The Labute approximate surface area is 158 Å². The molecule has 0 saturated carbocycles. The molecule has 0 atom stereocenters. The Morgan fingerprint density at radius 1 is 0.923 bits per heavy atom. The van der Waals surface area contributed by atoms with Gasteiger partial charge in [-0.1, -0.05) is 17.7 Å². The maximum atomic E-state index is 12.4. The number of halogens is 1. The number of nitrogens with one attached hydrogen (secondary N) is 2. The molecule has 2 rings (SSSR count). The van der Waals surface area contributed by atoms with Gasteiger partial charge in [0.05, 0.1) is 31.9 Å². The fourth-order valence-corrected chi connectivity index (χ4v) is 2.75. The number of amides is 2. The summed E-state index contributed by atoms with van der Waals surface area (Å²) in [6.07, 6.45) is 0. The van der Waals surface area contributed by atoms with Crippen molar-refractivity contribution >= 4 is 23.3 Å².